The van der Waals surface area contributed by atoms with Crippen LogP contribution >= 0.6 is 0 Å². The second-order valence-corrected chi connectivity index (χ2v) is 5.78. The number of likely N-dealkylation sites (tertiary alicyclic amines) is 1. The Hall–Kier alpha value is -1.67. The molecule has 126 valence electrons. The zero-order valence-corrected chi connectivity index (χ0v) is 12.8. The molecule has 1 aromatic rings. The SMILES string of the molecule is O=C(OCc1cccc(C(O)CC2OCCO2)c1)N1CC(O)C1. The van der Waals surface area contributed by atoms with Gasteiger partial charge in [0.25, 0.3) is 0 Å². The van der Waals surface area contributed by atoms with Gasteiger partial charge in [-0.05, 0) is 17.2 Å². The first kappa shape index (κ1) is 16.2. The van der Waals surface area contributed by atoms with E-state index in [1.54, 1.807) is 6.07 Å². The second-order valence-electron chi connectivity index (χ2n) is 5.78. The summed E-state index contributed by atoms with van der Waals surface area (Å²) in [5, 5.41) is 19.4. The molecule has 2 heterocycles. The molecule has 2 aliphatic rings. The average molecular weight is 323 g/mol. The van der Waals surface area contributed by atoms with Crippen molar-refractivity contribution in [2.45, 2.75) is 31.5 Å². The number of amides is 1. The third-order valence-electron chi connectivity index (χ3n) is 3.93. The van der Waals surface area contributed by atoms with Gasteiger partial charge < -0.3 is 29.3 Å². The smallest absolute Gasteiger partial charge is 0.410 e. The maximum Gasteiger partial charge on any atom is 0.410 e. The van der Waals surface area contributed by atoms with E-state index < -0.39 is 18.3 Å². The maximum atomic E-state index is 11.7. The lowest BCUT2D eigenvalue weighted by Gasteiger charge is -2.34. The van der Waals surface area contributed by atoms with E-state index in [2.05, 4.69) is 0 Å². The number of rotatable bonds is 5. The van der Waals surface area contributed by atoms with Gasteiger partial charge in [-0.15, -0.1) is 0 Å². The molecule has 7 nitrogen and oxygen atoms in total. The molecule has 2 saturated heterocycles. The molecular weight excluding hydrogens is 302 g/mol. The molecule has 1 atom stereocenters. The summed E-state index contributed by atoms with van der Waals surface area (Å²) in [5.41, 5.74) is 1.53. The third kappa shape index (κ3) is 4.20. The number of carbonyl (C=O) groups is 1. The van der Waals surface area contributed by atoms with Crippen LogP contribution in [-0.4, -0.2) is 59.9 Å². The first-order chi connectivity index (χ1) is 11.1. The van der Waals surface area contributed by atoms with Crippen LogP contribution in [0.2, 0.25) is 0 Å². The highest BCUT2D eigenvalue weighted by Gasteiger charge is 2.29. The van der Waals surface area contributed by atoms with Gasteiger partial charge in [0.05, 0.1) is 38.5 Å². The lowest BCUT2D eigenvalue weighted by Crippen LogP contribution is -2.53. The Bertz CT molecular complexity index is 539. The predicted molar refractivity (Wildman–Crippen MR) is 79.5 cm³/mol. The fourth-order valence-corrected chi connectivity index (χ4v) is 2.59. The van der Waals surface area contributed by atoms with Crippen molar-refractivity contribution >= 4 is 6.09 Å². The van der Waals surface area contributed by atoms with Gasteiger partial charge in [-0.25, -0.2) is 4.79 Å². The fourth-order valence-electron chi connectivity index (χ4n) is 2.59. The Balaban J connectivity index is 1.51. The summed E-state index contributed by atoms with van der Waals surface area (Å²) < 4.78 is 15.9. The number of nitrogens with zero attached hydrogens (tertiary/aromatic N) is 1. The number of ether oxygens (including phenoxy) is 3. The largest absolute Gasteiger partial charge is 0.445 e. The van der Waals surface area contributed by atoms with Gasteiger partial charge in [0.15, 0.2) is 6.29 Å². The zero-order valence-electron chi connectivity index (χ0n) is 12.8. The Morgan fingerprint density at radius 1 is 1.35 bits per heavy atom. The van der Waals surface area contributed by atoms with Crippen LogP contribution in [0.4, 0.5) is 4.79 Å². The van der Waals surface area contributed by atoms with Crippen molar-refractivity contribution in [1.82, 2.24) is 4.90 Å². The highest BCUT2D eigenvalue weighted by Crippen LogP contribution is 2.23. The Labute approximate surface area is 134 Å². The minimum Gasteiger partial charge on any atom is -0.445 e. The van der Waals surface area contributed by atoms with E-state index in [1.807, 2.05) is 18.2 Å². The van der Waals surface area contributed by atoms with Crippen molar-refractivity contribution < 1.29 is 29.2 Å². The van der Waals surface area contributed by atoms with E-state index in [9.17, 15) is 9.90 Å². The lowest BCUT2D eigenvalue weighted by molar-refractivity contribution is -0.0708. The van der Waals surface area contributed by atoms with Crippen molar-refractivity contribution in [1.29, 1.82) is 0 Å². The molecule has 2 aliphatic heterocycles. The molecule has 0 radical (unpaired) electrons. The van der Waals surface area contributed by atoms with Crippen LogP contribution < -0.4 is 0 Å². The Morgan fingerprint density at radius 3 is 2.78 bits per heavy atom. The van der Waals surface area contributed by atoms with Crippen molar-refractivity contribution in [2.75, 3.05) is 26.3 Å². The topological polar surface area (TPSA) is 88.5 Å². The zero-order chi connectivity index (χ0) is 16.2. The normalized spacial score (nSPS) is 20.3. The van der Waals surface area contributed by atoms with E-state index in [1.165, 1.54) is 4.90 Å². The standard InChI is InChI=1S/C16H21NO6/c18-13-8-17(9-13)16(20)23-10-11-2-1-3-12(6-11)14(19)7-15-21-4-5-22-15/h1-3,6,13-15,18-19H,4-5,7-10H2. The van der Waals surface area contributed by atoms with E-state index in [0.29, 0.717) is 32.7 Å². The lowest BCUT2D eigenvalue weighted by atomic mass is 10.0. The summed E-state index contributed by atoms with van der Waals surface area (Å²) in [7, 11) is 0. The molecule has 1 aromatic carbocycles. The molecule has 7 heteroatoms. The molecule has 1 unspecified atom stereocenters. The average Bonchev–Trinajstić information content (AvgIpc) is 3.03. The summed E-state index contributed by atoms with van der Waals surface area (Å²) in [5.74, 6) is 0. The van der Waals surface area contributed by atoms with Gasteiger partial charge in [0, 0.05) is 6.42 Å². The van der Waals surface area contributed by atoms with Crippen molar-refractivity contribution in [2.24, 2.45) is 0 Å². The van der Waals surface area contributed by atoms with E-state index >= 15 is 0 Å². The van der Waals surface area contributed by atoms with Crippen LogP contribution in [0.15, 0.2) is 24.3 Å². The van der Waals surface area contributed by atoms with Crippen LogP contribution in [0.3, 0.4) is 0 Å². The number of hydrogen-bond donors (Lipinski definition) is 2. The van der Waals surface area contributed by atoms with Gasteiger partial charge in [-0.1, -0.05) is 18.2 Å². The van der Waals surface area contributed by atoms with E-state index in [4.69, 9.17) is 19.3 Å². The summed E-state index contributed by atoms with van der Waals surface area (Å²) in [4.78, 5) is 13.1. The molecule has 23 heavy (non-hydrogen) atoms. The summed E-state index contributed by atoms with van der Waals surface area (Å²) >= 11 is 0. The van der Waals surface area contributed by atoms with Gasteiger partial charge in [-0.3, -0.25) is 0 Å². The number of aliphatic hydroxyl groups excluding tert-OH is 2. The quantitative estimate of drug-likeness (QED) is 0.833. The third-order valence-corrected chi connectivity index (χ3v) is 3.93. The molecule has 0 saturated carbocycles. The molecule has 3 rings (SSSR count). The first-order valence-electron chi connectivity index (χ1n) is 7.71. The van der Waals surface area contributed by atoms with Crippen molar-refractivity contribution in [3.63, 3.8) is 0 Å². The fraction of sp³-hybridized carbons (Fsp3) is 0.562. The van der Waals surface area contributed by atoms with Gasteiger partial charge in [0.2, 0.25) is 0 Å². The number of β-amino-alcohol motifs (C(OH)–C–C–N with tert-alkyl or cyclic N) is 1. The van der Waals surface area contributed by atoms with Crippen molar-refractivity contribution in [3.8, 4) is 0 Å². The molecule has 0 spiro atoms. The Kier molecular flexibility index (Phi) is 5.12. The number of hydrogen-bond acceptors (Lipinski definition) is 6. The van der Waals surface area contributed by atoms with Crippen LogP contribution in [0.1, 0.15) is 23.7 Å². The number of aliphatic hydroxyl groups is 2. The number of benzene rings is 1. The maximum absolute atomic E-state index is 11.7. The van der Waals surface area contributed by atoms with Crippen LogP contribution in [0.25, 0.3) is 0 Å². The van der Waals surface area contributed by atoms with Crippen molar-refractivity contribution in [3.05, 3.63) is 35.4 Å². The minimum absolute atomic E-state index is 0.127. The molecule has 1 amide bonds. The highest BCUT2D eigenvalue weighted by molar-refractivity contribution is 5.68. The molecular formula is C16H21NO6. The predicted octanol–water partition coefficient (Wildman–Crippen LogP) is 0.796. The highest BCUT2D eigenvalue weighted by atomic mass is 16.7. The Morgan fingerprint density at radius 2 is 2.09 bits per heavy atom. The minimum atomic E-state index is -0.695. The molecule has 2 N–H and O–H groups in total. The monoisotopic (exact) mass is 323 g/mol. The summed E-state index contributed by atoms with van der Waals surface area (Å²) in [6.45, 7) is 1.87. The van der Waals surface area contributed by atoms with Crippen LogP contribution in [0, 0.1) is 0 Å². The van der Waals surface area contributed by atoms with Gasteiger partial charge >= 0.3 is 6.09 Å². The number of carbonyl (C=O) groups excluding carboxylic acids is 1. The second kappa shape index (κ2) is 7.27. The van der Waals surface area contributed by atoms with E-state index in [0.717, 1.165) is 11.1 Å². The van der Waals surface area contributed by atoms with Gasteiger partial charge in [-0.2, -0.15) is 0 Å². The summed E-state index contributed by atoms with van der Waals surface area (Å²) in [6, 6.07) is 7.26. The van der Waals surface area contributed by atoms with Gasteiger partial charge in [0.1, 0.15) is 6.61 Å². The summed E-state index contributed by atoms with van der Waals surface area (Å²) in [6.07, 6.45) is -1.58. The first-order valence-corrected chi connectivity index (χ1v) is 7.71. The molecule has 0 bridgehead atoms. The molecule has 2 fully saturated rings. The van der Waals surface area contributed by atoms with Crippen LogP contribution in [-0.2, 0) is 20.8 Å². The molecule has 0 aliphatic carbocycles. The van der Waals surface area contributed by atoms with Crippen LogP contribution in [0.5, 0.6) is 0 Å². The van der Waals surface area contributed by atoms with E-state index in [-0.39, 0.29) is 12.9 Å². The molecule has 0 aromatic heterocycles.